The molecule has 0 aliphatic carbocycles. The molecule has 0 unspecified atom stereocenters. The SMILES string of the molecule is S=C(Sc1cc(Cl)nnc1-c1ccccc1)N1CCCCC1. The molecule has 3 rings (SSSR count). The van der Waals surface area contributed by atoms with Crippen LogP contribution in [0.5, 0.6) is 0 Å². The largest absolute Gasteiger partial charge is 0.357 e. The second-order valence-corrected chi connectivity index (χ2v) is 7.22. The van der Waals surface area contributed by atoms with Crippen LogP contribution in [-0.4, -0.2) is 32.5 Å². The van der Waals surface area contributed by atoms with Gasteiger partial charge in [-0.2, -0.15) is 0 Å². The van der Waals surface area contributed by atoms with Crippen LogP contribution in [0.15, 0.2) is 41.3 Å². The van der Waals surface area contributed by atoms with E-state index in [0.717, 1.165) is 33.6 Å². The highest BCUT2D eigenvalue weighted by Crippen LogP contribution is 2.33. The molecule has 114 valence electrons. The van der Waals surface area contributed by atoms with E-state index in [2.05, 4.69) is 15.1 Å². The fourth-order valence-electron chi connectivity index (χ4n) is 2.46. The van der Waals surface area contributed by atoms with Crippen LogP contribution in [-0.2, 0) is 0 Å². The summed E-state index contributed by atoms with van der Waals surface area (Å²) in [5.41, 5.74) is 1.85. The number of thioether (sulfide) groups is 1. The zero-order valence-electron chi connectivity index (χ0n) is 12.0. The van der Waals surface area contributed by atoms with Gasteiger partial charge in [-0.3, -0.25) is 0 Å². The molecule has 0 bridgehead atoms. The van der Waals surface area contributed by atoms with Crippen molar-refractivity contribution in [3.05, 3.63) is 41.6 Å². The predicted molar refractivity (Wildman–Crippen MR) is 96.4 cm³/mol. The van der Waals surface area contributed by atoms with Gasteiger partial charge in [0, 0.05) is 23.5 Å². The summed E-state index contributed by atoms with van der Waals surface area (Å²) in [5, 5.41) is 8.64. The molecule has 0 radical (unpaired) electrons. The smallest absolute Gasteiger partial charge is 0.152 e. The Morgan fingerprint density at radius 3 is 2.55 bits per heavy atom. The number of hydrogen-bond donors (Lipinski definition) is 0. The summed E-state index contributed by atoms with van der Waals surface area (Å²) in [6, 6.07) is 11.8. The third-order valence-electron chi connectivity index (χ3n) is 3.59. The van der Waals surface area contributed by atoms with E-state index in [1.807, 2.05) is 36.4 Å². The first-order valence-corrected chi connectivity index (χ1v) is 8.90. The molecule has 1 aliphatic heterocycles. The first-order valence-electron chi connectivity index (χ1n) is 7.29. The number of nitrogens with zero attached hydrogens (tertiary/aromatic N) is 3. The monoisotopic (exact) mass is 349 g/mol. The minimum atomic E-state index is 0.392. The number of piperidine rings is 1. The molecule has 1 aliphatic rings. The van der Waals surface area contributed by atoms with Crippen molar-refractivity contribution in [2.75, 3.05) is 13.1 Å². The molecule has 0 saturated carbocycles. The lowest BCUT2D eigenvalue weighted by Crippen LogP contribution is -2.32. The summed E-state index contributed by atoms with van der Waals surface area (Å²) in [7, 11) is 0. The lowest BCUT2D eigenvalue weighted by atomic mass is 10.1. The summed E-state index contributed by atoms with van der Waals surface area (Å²) in [4.78, 5) is 3.23. The molecule has 0 amide bonds. The maximum Gasteiger partial charge on any atom is 0.152 e. The number of rotatable bonds is 2. The lowest BCUT2D eigenvalue weighted by Gasteiger charge is -2.28. The van der Waals surface area contributed by atoms with Crippen molar-refractivity contribution in [3.63, 3.8) is 0 Å². The van der Waals surface area contributed by atoms with E-state index in [0.29, 0.717) is 5.15 Å². The zero-order valence-corrected chi connectivity index (χ0v) is 14.4. The van der Waals surface area contributed by atoms with Gasteiger partial charge in [-0.05, 0) is 25.3 Å². The van der Waals surface area contributed by atoms with E-state index in [4.69, 9.17) is 23.8 Å². The van der Waals surface area contributed by atoms with Crippen LogP contribution in [0.3, 0.4) is 0 Å². The average Bonchev–Trinajstić information content (AvgIpc) is 2.56. The minimum absolute atomic E-state index is 0.392. The van der Waals surface area contributed by atoms with Crippen molar-refractivity contribution in [2.45, 2.75) is 24.2 Å². The van der Waals surface area contributed by atoms with E-state index >= 15 is 0 Å². The highest BCUT2D eigenvalue weighted by molar-refractivity contribution is 8.23. The summed E-state index contributed by atoms with van der Waals surface area (Å²) in [6.07, 6.45) is 3.71. The average molecular weight is 350 g/mol. The summed E-state index contributed by atoms with van der Waals surface area (Å²) < 4.78 is 0.890. The van der Waals surface area contributed by atoms with Crippen molar-refractivity contribution in [3.8, 4) is 11.3 Å². The number of aromatic nitrogens is 2. The molecular weight excluding hydrogens is 334 g/mol. The lowest BCUT2D eigenvalue weighted by molar-refractivity contribution is 0.352. The molecule has 1 aromatic heterocycles. The van der Waals surface area contributed by atoms with Gasteiger partial charge in [0.1, 0.15) is 10.0 Å². The zero-order chi connectivity index (χ0) is 15.4. The Morgan fingerprint density at radius 1 is 1.09 bits per heavy atom. The van der Waals surface area contributed by atoms with Crippen LogP contribution in [0, 0.1) is 0 Å². The Hall–Kier alpha value is -1.17. The topological polar surface area (TPSA) is 29.0 Å². The first kappa shape index (κ1) is 15.7. The molecule has 0 atom stereocenters. The van der Waals surface area contributed by atoms with E-state index in [1.165, 1.54) is 19.3 Å². The molecule has 1 aromatic carbocycles. The summed E-state index contributed by atoms with van der Waals surface area (Å²) >= 11 is 13.2. The fourth-order valence-corrected chi connectivity index (χ4v) is 4.05. The van der Waals surface area contributed by atoms with Crippen LogP contribution in [0.2, 0.25) is 5.15 Å². The summed E-state index contributed by atoms with van der Waals surface area (Å²) in [6.45, 7) is 2.08. The van der Waals surface area contributed by atoms with Crippen molar-refractivity contribution in [2.24, 2.45) is 0 Å². The van der Waals surface area contributed by atoms with Crippen LogP contribution in [0.25, 0.3) is 11.3 Å². The van der Waals surface area contributed by atoms with Gasteiger partial charge in [0.2, 0.25) is 0 Å². The van der Waals surface area contributed by atoms with Crippen molar-refractivity contribution >= 4 is 39.9 Å². The quantitative estimate of drug-likeness (QED) is 0.581. The van der Waals surface area contributed by atoms with Crippen molar-refractivity contribution in [1.82, 2.24) is 15.1 Å². The van der Waals surface area contributed by atoms with Gasteiger partial charge in [0.15, 0.2) is 5.15 Å². The number of likely N-dealkylation sites (tertiary alicyclic amines) is 1. The van der Waals surface area contributed by atoms with E-state index in [-0.39, 0.29) is 0 Å². The molecule has 2 aromatic rings. The molecule has 3 nitrogen and oxygen atoms in total. The third kappa shape index (κ3) is 3.77. The molecule has 22 heavy (non-hydrogen) atoms. The highest BCUT2D eigenvalue weighted by atomic mass is 35.5. The third-order valence-corrected chi connectivity index (χ3v) is 5.24. The molecule has 0 N–H and O–H groups in total. The molecule has 2 heterocycles. The van der Waals surface area contributed by atoms with Gasteiger partial charge in [0.25, 0.3) is 0 Å². The molecule has 6 heteroatoms. The van der Waals surface area contributed by atoms with Gasteiger partial charge in [0.05, 0.1) is 0 Å². The van der Waals surface area contributed by atoms with E-state index in [9.17, 15) is 0 Å². The van der Waals surface area contributed by atoms with Gasteiger partial charge in [-0.25, -0.2) is 0 Å². The Bertz CT molecular complexity index is 658. The molecular formula is C16H16ClN3S2. The van der Waals surface area contributed by atoms with E-state index in [1.54, 1.807) is 11.8 Å². The van der Waals surface area contributed by atoms with Crippen LogP contribution in [0.1, 0.15) is 19.3 Å². The molecule has 1 saturated heterocycles. The minimum Gasteiger partial charge on any atom is -0.357 e. The van der Waals surface area contributed by atoms with E-state index < -0.39 is 0 Å². The number of thiocarbonyl (C=S) groups is 1. The number of hydrogen-bond acceptors (Lipinski definition) is 4. The van der Waals surface area contributed by atoms with Crippen molar-refractivity contribution in [1.29, 1.82) is 0 Å². The maximum absolute atomic E-state index is 6.03. The Balaban J connectivity index is 1.86. The van der Waals surface area contributed by atoms with Gasteiger partial charge >= 0.3 is 0 Å². The van der Waals surface area contributed by atoms with Crippen LogP contribution < -0.4 is 0 Å². The Kier molecular flexibility index (Phi) is 5.28. The highest BCUT2D eigenvalue weighted by Gasteiger charge is 2.17. The van der Waals surface area contributed by atoms with Gasteiger partial charge in [-0.15, -0.1) is 10.2 Å². The first-order chi connectivity index (χ1) is 10.7. The Labute approximate surface area is 145 Å². The molecule has 0 spiro atoms. The van der Waals surface area contributed by atoms with Crippen LogP contribution >= 0.6 is 35.6 Å². The standard InChI is InChI=1S/C16H16ClN3S2/c17-14-11-13(22-16(21)20-9-5-2-6-10-20)15(19-18-14)12-7-3-1-4-8-12/h1,3-4,7-8,11H,2,5-6,9-10H2. The predicted octanol–water partition coefficient (Wildman–Crippen LogP) is 4.66. The van der Waals surface area contributed by atoms with Crippen molar-refractivity contribution < 1.29 is 0 Å². The van der Waals surface area contributed by atoms with Crippen LogP contribution in [0.4, 0.5) is 0 Å². The molecule has 1 fully saturated rings. The van der Waals surface area contributed by atoms with Gasteiger partial charge < -0.3 is 4.90 Å². The second-order valence-electron chi connectivity index (χ2n) is 5.16. The number of halogens is 1. The summed E-state index contributed by atoms with van der Waals surface area (Å²) in [5.74, 6) is 0. The fraction of sp³-hybridized carbons (Fsp3) is 0.312. The number of benzene rings is 1. The Morgan fingerprint density at radius 2 is 1.82 bits per heavy atom. The van der Waals surface area contributed by atoms with Gasteiger partial charge in [-0.1, -0.05) is 65.9 Å². The second kappa shape index (κ2) is 7.40. The maximum atomic E-state index is 6.03. The normalized spacial score (nSPS) is 14.9.